The van der Waals surface area contributed by atoms with Crippen molar-refractivity contribution in [3.63, 3.8) is 0 Å². The van der Waals surface area contributed by atoms with Crippen molar-refractivity contribution in [1.82, 2.24) is 4.98 Å². The van der Waals surface area contributed by atoms with Crippen LogP contribution in [0.4, 0.5) is 0 Å². The van der Waals surface area contributed by atoms with Gasteiger partial charge in [-0.1, -0.05) is 24.4 Å². The number of ether oxygens (including phenoxy) is 1. The summed E-state index contributed by atoms with van der Waals surface area (Å²) < 4.78 is 5.54. The summed E-state index contributed by atoms with van der Waals surface area (Å²) in [6.45, 7) is 0.678. The van der Waals surface area contributed by atoms with Gasteiger partial charge in [-0.25, -0.2) is 4.98 Å². The minimum atomic E-state index is 0.0660. The van der Waals surface area contributed by atoms with E-state index in [0.29, 0.717) is 18.1 Å². The van der Waals surface area contributed by atoms with Crippen LogP contribution < -0.4 is 10.5 Å². The van der Waals surface area contributed by atoms with Gasteiger partial charge in [0.25, 0.3) is 0 Å². The van der Waals surface area contributed by atoms with Gasteiger partial charge in [0.1, 0.15) is 0 Å². The van der Waals surface area contributed by atoms with Gasteiger partial charge in [-0.05, 0) is 18.4 Å². The Morgan fingerprint density at radius 2 is 2.41 bits per heavy atom. The van der Waals surface area contributed by atoms with Crippen molar-refractivity contribution < 1.29 is 9.94 Å². The molecule has 1 aliphatic carbocycles. The van der Waals surface area contributed by atoms with Crippen molar-refractivity contribution in [2.45, 2.75) is 25.7 Å². The zero-order valence-corrected chi connectivity index (χ0v) is 9.67. The third-order valence-corrected chi connectivity index (χ3v) is 3.14. The maximum atomic E-state index is 8.57. The van der Waals surface area contributed by atoms with Crippen molar-refractivity contribution in [3.8, 4) is 5.88 Å². The first kappa shape index (κ1) is 11.7. The number of amidine groups is 1. The molecule has 5 heteroatoms. The van der Waals surface area contributed by atoms with E-state index in [4.69, 9.17) is 15.7 Å². The van der Waals surface area contributed by atoms with E-state index in [9.17, 15) is 0 Å². The van der Waals surface area contributed by atoms with Crippen molar-refractivity contribution in [2.75, 3.05) is 6.61 Å². The number of aromatic nitrogens is 1. The lowest BCUT2D eigenvalue weighted by atomic mass is 9.83. The van der Waals surface area contributed by atoms with Crippen LogP contribution in [-0.4, -0.2) is 22.6 Å². The van der Waals surface area contributed by atoms with Gasteiger partial charge < -0.3 is 15.7 Å². The Bertz CT molecular complexity index is 402. The van der Waals surface area contributed by atoms with Crippen LogP contribution in [0.1, 0.15) is 31.2 Å². The number of hydrogen-bond acceptors (Lipinski definition) is 4. The molecule has 2 rings (SSSR count). The fourth-order valence-corrected chi connectivity index (χ4v) is 1.82. The SMILES string of the molecule is N/C(=N/O)c1ccnc(OCCC2CCC2)c1. The highest BCUT2D eigenvalue weighted by Gasteiger charge is 2.16. The molecule has 0 atom stereocenters. The molecule has 0 saturated heterocycles. The van der Waals surface area contributed by atoms with E-state index in [-0.39, 0.29) is 5.84 Å². The van der Waals surface area contributed by atoms with Crippen LogP contribution in [0.2, 0.25) is 0 Å². The molecule has 1 saturated carbocycles. The Hall–Kier alpha value is -1.78. The molecule has 0 aromatic carbocycles. The van der Waals surface area contributed by atoms with Crippen molar-refractivity contribution in [3.05, 3.63) is 23.9 Å². The third kappa shape index (κ3) is 3.09. The zero-order valence-electron chi connectivity index (χ0n) is 9.67. The summed E-state index contributed by atoms with van der Waals surface area (Å²) in [6, 6.07) is 3.35. The van der Waals surface area contributed by atoms with Gasteiger partial charge in [-0.2, -0.15) is 0 Å². The molecule has 92 valence electrons. The summed E-state index contributed by atoms with van der Waals surface area (Å²) in [5, 5.41) is 11.5. The molecule has 1 heterocycles. The number of nitrogens with zero attached hydrogens (tertiary/aromatic N) is 2. The average Bonchev–Trinajstić information content (AvgIpc) is 2.32. The number of rotatable bonds is 5. The van der Waals surface area contributed by atoms with Crippen LogP contribution in [-0.2, 0) is 0 Å². The van der Waals surface area contributed by atoms with Gasteiger partial charge in [-0.15, -0.1) is 0 Å². The first-order chi connectivity index (χ1) is 8.29. The Kier molecular flexibility index (Phi) is 3.80. The largest absolute Gasteiger partial charge is 0.478 e. The smallest absolute Gasteiger partial charge is 0.213 e. The van der Waals surface area contributed by atoms with Gasteiger partial charge in [0.2, 0.25) is 5.88 Å². The zero-order chi connectivity index (χ0) is 12.1. The van der Waals surface area contributed by atoms with Crippen molar-refractivity contribution in [1.29, 1.82) is 0 Å². The summed E-state index contributed by atoms with van der Waals surface area (Å²) in [7, 11) is 0. The molecule has 0 aliphatic heterocycles. The summed E-state index contributed by atoms with van der Waals surface area (Å²) in [6.07, 6.45) is 6.66. The number of pyridine rings is 1. The number of hydrogen-bond donors (Lipinski definition) is 2. The Morgan fingerprint density at radius 3 is 3.06 bits per heavy atom. The molecule has 0 amide bonds. The van der Waals surface area contributed by atoms with E-state index in [1.807, 2.05) is 0 Å². The highest BCUT2D eigenvalue weighted by Crippen LogP contribution is 2.29. The van der Waals surface area contributed by atoms with E-state index in [1.165, 1.54) is 19.3 Å². The molecular weight excluding hydrogens is 218 g/mol. The molecule has 0 spiro atoms. The van der Waals surface area contributed by atoms with Crippen molar-refractivity contribution >= 4 is 5.84 Å². The molecule has 0 bridgehead atoms. The Labute approximate surface area is 100 Å². The maximum absolute atomic E-state index is 8.57. The lowest BCUT2D eigenvalue weighted by molar-refractivity contribution is 0.217. The highest BCUT2D eigenvalue weighted by atomic mass is 16.5. The number of nitrogens with two attached hydrogens (primary N) is 1. The molecule has 5 nitrogen and oxygen atoms in total. The second-order valence-electron chi connectivity index (χ2n) is 4.30. The average molecular weight is 235 g/mol. The molecule has 0 radical (unpaired) electrons. The molecule has 1 aromatic rings. The quantitative estimate of drug-likeness (QED) is 0.352. The minimum Gasteiger partial charge on any atom is -0.478 e. The van der Waals surface area contributed by atoms with Crippen molar-refractivity contribution in [2.24, 2.45) is 16.8 Å². The Morgan fingerprint density at radius 1 is 1.59 bits per heavy atom. The van der Waals surface area contributed by atoms with Gasteiger partial charge in [0.05, 0.1) is 6.61 Å². The van der Waals surface area contributed by atoms with Gasteiger partial charge in [-0.3, -0.25) is 0 Å². The Balaban J connectivity index is 1.87. The molecule has 1 aliphatic rings. The fourth-order valence-electron chi connectivity index (χ4n) is 1.82. The van der Waals surface area contributed by atoms with E-state index >= 15 is 0 Å². The van der Waals surface area contributed by atoms with Crippen LogP contribution >= 0.6 is 0 Å². The van der Waals surface area contributed by atoms with Crippen LogP contribution in [0.5, 0.6) is 5.88 Å². The van der Waals surface area contributed by atoms with Gasteiger partial charge in [0, 0.05) is 17.8 Å². The summed E-state index contributed by atoms with van der Waals surface area (Å²) in [5.41, 5.74) is 6.10. The van der Waals surface area contributed by atoms with Gasteiger partial charge in [0.15, 0.2) is 5.84 Å². The second-order valence-corrected chi connectivity index (χ2v) is 4.30. The number of oxime groups is 1. The fraction of sp³-hybridized carbons (Fsp3) is 0.500. The monoisotopic (exact) mass is 235 g/mol. The molecule has 1 aromatic heterocycles. The highest BCUT2D eigenvalue weighted by molar-refractivity contribution is 5.97. The molecule has 17 heavy (non-hydrogen) atoms. The standard InChI is InChI=1S/C12H17N3O2/c13-12(15-16)10-4-6-14-11(8-10)17-7-5-9-2-1-3-9/h4,6,8-9,16H,1-3,5,7H2,(H2,13,15). The topological polar surface area (TPSA) is 80.7 Å². The maximum Gasteiger partial charge on any atom is 0.213 e. The van der Waals surface area contributed by atoms with Crippen LogP contribution in [0.15, 0.2) is 23.5 Å². The van der Waals surface area contributed by atoms with E-state index in [1.54, 1.807) is 18.3 Å². The lowest BCUT2D eigenvalue weighted by Gasteiger charge is -2.24. The van der Waals surface area contributed by atoms with Crippen LogP contribution in [0.25, 0.3) is 0 Å². The van der Waals surface area contributed by atoms with E-state index in [0.717, 1.165) is 12.3 Å². The molecule has 3 N–H and O–H groups in total. The molecule has 1 fully saturated rings. The first-order valence-electron chi connectivity index (χ1n) is 5.86. The predicted molar refractivity (Wildman–Crippen MR) is 64.2 cm³/mol. The van der Waals surface area contributed by atoms with Crippen LogP contribution in [0.3, 0.4) is 0 Å². The molecular formula is C12H17N3O2. The first-order valence-corrected chi connectivity index (χ1v) is 5.86. The summed E-state index contributed by atoms with van der Waals surface area (Å²) >= 11 is 0. The normalized spacial score (nSPS) is 16.6. The summed E-state index contributed by atoms with van der Waals surface area (Å²) in [5.74, 6) is 1.41. The van der Waals surface area contributed by atoms with Gasteiger partial charge >= 0.3 is 0 Å². The van der Waals surface area contributed by atoms with Crippen LogP contribution in [0, 0.1) is 5.92 Å². The second kappa shape index (κ2) is 5.52. The minimum absolute atomic E-state index is 0.0660. The molecule has 0 unspecified atom stereocenters. The third-order valence-electron chi connectivity index (χ3n) is 3.14. The van der Waals surface area contributed by atoms with E-state index < -0.39 is 0 Å². The summed E-state index contributed by atoms with van der Waals surface area (Å²) in [4.78, 5) is 4.08. The lowest BCUT2D eigenvalue weighted by Crippen LogP contribution is -2.15. The predicted octanol–water partition coefficient (Wildman–Crippen LogP) is 1.75. The van der Waals surface area contributed by atoms with E-state index in [2.05, 4.69) is 10.1 Å².